The van der Waals surface area contributed by atoms with Crippen LogP contribution < -0.4 is 0 Å². The number of halogens is 1. The first-order valence-corrected chi connectivity index (χ1v) is 5.46. The third-order valence-corrected chi connectivity index (χ3v) is 2.35. The molecule has 0 saturated carbocycles. The molecule has 0 radical (unpaired) electrons. The molecule has 3 heteroatoms. The van der Waals surface area contributed by atoms with E-state index in [0.717, 1.165) is 11.8 Å². The third-order valence-electron chi connectivity index (χ3n) is 1.96. The fourth-order valence-corrected chi connectivity index (χ4v) is 1.61. The Morgan fingerprint density at radius 1 is 1.50 bits per heavy atom. The lowest BCUT2D eigenvalue weighted by Crippen LogP contribution is -2.04. The van der Waals surface area contributed by atoms with E-state index in [2.05, 4.69) is 15.9 Å². The summed E-state index contributed by atoms with van der Waals surface area (Å²) < 4.78 is 0. The number of hydrogen-bond donors (Lipinski definition) is 0. The van der Waals surface area contributed by atoms with Crippen molar-refractivity contribution >= 4 is 28.0 Å². The highest BCUT2D eigenvalue weighted by molar-refractivity contribution is 9.09. The van der Waals surface area contributed by atoms with Crippen molar-refractivity contribution in [1.29, 1.82) is 0 Å². The lowest BCUT2D eigenvalue weighted by molar-refractivity contribution is 0.0983. The van der Waals surface area contributed by atoms with Crippen LogP contribution in [0.4, 0.5) is 0 Å². The van der Waals surface area contributed by atoms with Crippen LogP contribution in [0.2, 0.25) is 0 Å². The summed E-state index contributed by atoms with van der Waals surface area (Å²) in [5.41, 5.74) is 1.99. The van der Waals surface area contributed by atoms with Gasteiger partial charge in [0.25, 0.3) is 0 Å². The zero-order valence-corrected chi connectivity index (χ0v) is 9.50. The smallest absolute Gasteiger partial charge is 0.164 e. The maximum Gasteiger partial charge on any atom is 0.164 e. The van der Waals surface area contributed by atoms with Crippen molar-refractivity contribution in [2.45, 2.75) is 13.3 Å². The summed E-state index contributed by atoms with van der Waals surface area (Å²) in [6, 6.07) is 5.28. The van der Waals surface area contributed by atoms with E-state index in [1.54, 1.807) is 12.1 Å². The van der Waals surface area contributed by atoms with E-state index < -0.39 is 0 Å². The summed E-state index contributed by atoms with van der Waals surface area (Å²) in [5.74, 6) is 0.00368. The first-order chi connectivity index (χ1) is 6.69. The van der Waals surface area contributed by atoms with Crippen LogP contribution >= 0.6 is 15.9 Å². The number of aryl methyl sites for hydroxylation is 1. The van der Waals surface area contributed by atoms with Gasteiger partial charge in [-0.1, -0.05) is 33.6 Å². The Labute approximate surface area is 91.4 Å². The number of carbonyl (C=O) groups excluding carboxylic acids is 2. The Morgan fingerprint density at radius 2 is 2.21 bits per heavy atom. The molecule has 0 unspecified atom stereocenters. The average Bonchev–Trinajstić information content (AvgIpc) is 2.17. The Morgan fingerprint density at radius 3 is 2.79 bits per heavy atom. The van der Waals surface area contributed by atoms with Gasteiger partial charge in [-0.25, -0.2) is 0 Å². The minimum absolute atomic E-state index is 0.00368. The molecule has 0 amide bonds. The van der Waals surface area contributed by atoms with Gasteiger partial charge < -0.3 is 0 Å². The average molecular weight is 255 g/mol. The zero-order chi connectivity index (χ0) is 10.6. The normalized spacial score (nSPS) is 9.86. The molecule has 0 atom stereocenters. The molecule has 0 aromatic heterocycles. The molecule has 0 spiro atoms. The summed E-state index contributed by atoms with van der Waals surface area (Å²) in [5, 5.41) is 0.623. The first kappa shape index (κ1) is 11.1. The van der Waals surface area contributed by atoms with Crippen molar-refractivity contribution in [2.75, 3.05) is 5.33 Å². The van der Waals surface area contributed by atoms with Crippen LogP contribution in [0.1, 0.15) is 32.7 Å². The number of rotatable bonds is 4. The van der Waals surface area contributed by atoms with Gasteiger partial charge in [0.05, 0.1) is 0 Å². The van der Waals surface area contributed by atoms with Crippen LogP contribution in [0, 0.1) is 6.92 Å². The number of alkyl halides is 1. The summed E-state index contributed by atoms with van der Waals surface area (Å²) in [4.78, 5) is 22.3. The van der Waals surface area contributed by atoms with Crippen LogP contribution in [0.25, 0.3) is 0 Å². The molecular formula is C11H11BrO2. The molecule has 1 rings (SSSR count). The predicted molar refractivity (Wildman–Crippen MR) is 59.3 cm³/mol. The van der Waals surface area contributed by atoms with Gasteiger partial charge in [0.1, 0.15) is 0 Å². The molecule has 14 heavy (non-hydrogen) atoms. The van der Waals surface area contributed by atoms with E-state index in [0.29, 0.717) is 22.9 Å². The van der Waals surface area contributed by atoms with Gasteiger partial charge in [0, 0.05) is 22.9 Å². The van der Waals surface area contributed by atoms with E-state index in [1.807, 2.05) is 13.0 Å². The highest BCUT2D eigenvalue weighted by Crippen LogP contribution is 2.12. The van der Waals surface area contributed by atoms with E-state index in [4.69, 9.17) is 0 Å². The minimum atomic E-state index is 0.00368. The number of aldehydes is 1. The zero-order valence-electron chi connectivity index (χ0n) is 7.92. The molecular weight excluding hydrogens is 244 g/mol. The molecule has 1 aromatic rings. The second kappa shape index (κ2) is 5.05. The van der Waals surface area contributed by atoms with Crippen LogP contribution in [0.15, 0.2) is 18.2 Å². The molecule has 74 valence electrons. The summed E-state index contributed by atoms with van der Waals surface area (Å²) in [7, 11) is 0. The van der Waals surface area contributed by atoms with E-state index in [1.165, 1.54) is 0 Å². The number of carbonyl (C=O) groups is 2. The third kappa shape index (κ3) is 2.51. The largest absolute Gasteiger partial charge is 0.298 e. The van der Waals surface area contributed by atoms with E-state index in [9.17, 15) is 9.59 Å². The van der Waals surface area contributed by atoms with Gasteiger partial charge in [-0.2, -0.15) is 0 Å². The van der Waals surface area contributed by atoms with E-state index in [-0.39, 0.29) is 5.78 Å². The Bertz CT molecular complexity index is 358. The minimum Gasteiger partial charge on any atom is -0.298 e. The molecule has 0 aliphatic heterocycles. The molecule has 0 N–H and O–H groups in total. The SMILES string of the molecule is Cc1ccc(C(=O)CCBr)c(C=O)c1. The van der Waals surface area contributed by atoms with Gasteiger partial charge in [-0.3, -0.25) is 9.59 Å². The van der Waals surface area contributed by atoms with Crippen molar-refractivity contribution in [2.24, 2.45) is 0 Å². The van der Waals surface area contributed by atoms with Crippen LogP contribution in [0.3, 0.4) is 0 Å². The monoisotopic (exact) mass is 254 g/mol. The van der Waals surface area contributed by atoms with Crippen LogP contribution in [-0.4, -0.2) is 17.4 Å². The van der Waals surface area contributed by atoms with Gasteiger partial charge in [0.2, 0.25) is 0 Å². The molecule has 0 bridgehead atoms. The molecule has 0 aliphatic carbocycles. The standard InChI is InChI=1S/C11H11BrO2/c1-8-2-3-10(9(6-8)7-13)11(14)4-5-12/h2-3,6-7H,4-5H2,1H3. The quantitative estimate of drug-likeness (QED) is 0.471. The molecule has 0 aliphatic rings. The maximum atomic E-state index is 11.5. The first-order valence-electron chi connectivity index (χ1n) is 4.34. The highest BCUT2D eigenvalue weighted by Gasteiger charge is 2.09. The van der Waals surface area contributed by atoms with Crippen molar-refractivity contribution in [3.05, 3.63) is 34.9 Å². The molecule has 0 saturated heterocycles. The van der Waals surface area contributed by atoms with Crippen molar-refractivity contribution < 1.29 is 9.59 Å². The van der Waals surface area contributed by atoms with Crippen LogP contribution in [0.5, 0.6) is 0 Å². The van der Waals surface area contributed by atoms with Gasteiger partial charge in [0.15, 0.2) is 12.1 Å². The lowest BCUT2D eigenvalue weighted by atomic mass is 10.0. The predicted octanol–water partition coefficient (Wildman–Crippen LogP) is 2.78. The number of benzene rings is 1. The Hall–Kier alpha value is -0.960. The second-order valence-corrected chi connectivity index (χ2v) is 3.86. The lowest BCUT2D eigenvalue weighted by Gasteiger charge is -2.03. The van der Waals surface area contributed by atoms with Gasteiger partial charge in [-0.05, 0) is 13.0 Å². The van der Waals surface area contributed by atoms with Gasteiger partial charge in [-0.15, -0.1) is 0 Å². The fourth-order valence-electron chi connectivity index (χ4n) is 1.25. The molecule has 2 nitrogen and oxygen atoms in total. The van der Waals surface area contributed by atoms with Crippen molar-refractivity contribution in [3.8, 4) is 0 Å². The molecule has 1 aromatic carbocycles. The topological polar surface area (TPSA) is 34.1 Å². The van der Waals surface area contributed by atoms with E-state index >= 15 is 0 Å². The van der Waals surface area contributed by atoms with Crippen LogP contribution in [-0.2, 0) is 0 Å². The second-order valence-electron chi connectivity index (χ2n) is 3.07. The maximum absolute atomic E-state index is 11.5. The number of Topliss-reactive ketones (excluding diaryl/α,β-unsaturated/α-hetero) is 1. The van der Waals surface area contributed by atoms with Crippen molar-refractivity contribution in [1.82, 2.24) is 0 Å². The number of ketones is 1. The summed E-state index contributed by atoms with van der Waals surface area (Å²) in [6.07, 6.45) is 1.15. The van der Waals surface area contributed by atoms with Crippen molar-refractivity contribution in [3.63, 3.8) is 0 Å². The Kier molecular flexibility index (Phi) is 4.01. The molecule has 0 fully saturated rings. The summed E-state index contributed by atoms with van der Waals surface area (Å²) in [6.45, 7) is 1.89. The summed E-state index contributed by atoms with van der Waals surface area (Å²) >= 11 is 3.20. The highest BCUT2D eigenvalue weighted by atomic mass is 79.9. The van der Waals surface area contributed by atoms with Gasteiger partial charge >= 0.3 is 0 Å². The molecule has 0 heterocycles. The number of hydrogen-bond acceptors (Lipinski definition) is 2. The fraction of sp³-hybridized carbons (Fsp3) is 0.273. The Balaban J connectivity index is 3.07.